The van der Waals surface area contributed by atoms with Crippen molar-refractivity contribution in [1.82, 2.24) is 5.32 Å². The average molecular weight is 209 g/mol. The maximum Gasteiger partial charge on any atom is 0.0302 e. The van der Waals surface area contributed by atoms with Gasteiger partial charge in [-0.3, -0.25) is 0 Å². The summed E-state index contributed by atoms with van der Waals surface area (Å²) < 4.78 is 0. The fourth-order valence-corrected chi connectivity index (χ4v) is 2.36. The van der Waals surface area contributed by atoms with Gasteiger partial charge in [0.25, 0.3) is 0 Å². The van der Waals surface area contributed by atoms with Crippen LogP contribution in [0.1, 0.15) is 30.2 Å². The molecule has 1 N–H and O–H groups in total. The molecule has 1 heterocycles. The number of hydrogen-bond acceptors (Lipinski definition) is 2. The molecule has 78 valence electrons. The zero-order valence-electron chi connectivity index (χ0n) is 8.88. The number of nitrogens with one attached hydrogen (secondary N) is 1. The van der Waals surface area contributed by atoms with E-state index in [2.05, 4.69) is 30.3 Å². The molecular formula is C12H19NS. The van der Waals surface area contributed by atoms with Gasteiger partial charge in [0.2, 0.25) is 0 Å². The minimum Gasteiger partial charge on any atom is -0.312 e. The van der Waals surface area contributed by atoms with Crippen LogP contribution in [0.5, 0.6) is 0 Å². The van der Waals surface area contributed by atoms with Crippen LogP contribution in [0.2, 0.25) is 0 Å². The van der Waals surface area contributed by atoms with Gasteiger partial charge in [-0.2, -0.15) is 0 Å². The summed E-state index contributed by atoms with van der Waals surface area (Å²) in [5.74, 6) is 0. The minimum atomic E-state index is 1.03. The van der Waals surface area contributed by atoms with Gasteiger partial charge in [-0.1, -0.05) is 13.0 Å². The first-order chi connectivity index (χ1) is 6.88. The fraction of sp³-hybridized carbons (Fsp3) is 0.500. The lowest BCUT2D eigenvalue weighted by Crippen LogP contribution is -2.14. The van der Waals surface area contributed by atoms with Gasteiger partial charge in [-0.05, 0) is 42.8 Å². The number of hydrogen-bond donors (Lipinski definition) is 1. The summed E-state index contributed by atoms with van der Waals surface area (Å²) in [6, 6.07) is 2.23. The molecule has 14 heavy (non-hydrogen) atoms. The highest BCUT2D eigenvalue weighted by Crippen LogP contribution is 2.16. The molecule has 0 saturated carbocycles. The van der Waals surface area contributed by atoms with E-state index in [0.717, 1.165) is 25.9 Å². The zero-order chi connectivity index (χ0) is 10.2. The van der Waals surface area contributed by atoms with E-state index >= 15 is 0 Å². The molecule has 1 nitrogen and oxygen atoms in total. The summed E-state index contributed by atoms with van der Waals surface area (Å²) in [4.78, 5) is 1.49. The van der Waals surface area contributed by atoms with Gasteiger partial charge in [0, 0.05) is 11.4 Å². The van der Waals surface area contributed by atoms with E-state index in [1.54, 1.807) is 0 Å². The van der Waals surface area contributed by atoms with Gasteiger partial charge >= 0.3 is 0 Å². The molecule has 2 heteroatoms. The fourth-order valence-electron chi connectivity index (χ4n) is 1.41. The van der Waals surface area contributed by atoms with E-state index in [1.165, 1.54) is 16.9 Å². The SMILES string of the molecule is C=CCCCNCc1sccc1CC. The highest BCUT2D eigenvalue weighted by atomic mass is 32.1. The van der Waals surface area contributed by atoms with E-state index in [1.807, 2.05) is 17.4 Å². The third-order valence-electron chi connectivity index (χ3n) is 2.27. The Morgan fingerprint density at radius 1 is 1.57 bits per heavy atom. The Hall–Kier alpha value is -0.600. The highest BCUT2D eigenvalue weighted by Gasteiger charge is 2.00. The second kappa shape index (κ2) is 6.80. The van der Waals surface area contributed by atoms with Crippen LogP contribution in [-0.4, -0.2) is 6.54 Å². The zero-order valence-corrected chi connectivity index (χ0v) is 9.70. The summed E-state index contributed by atoms with van der Waals surface area (Å²) in [6.45, 7) is 8.04. The van der Waals surface area contributed by atoms with Crippen molar-refractivity contribution in [2.45, 2.75) is 32.7 Å². The van der Waals surface area contributed by atoms with Gasteiger partial charge in [0.05, 0.1) is 0 Å². The summed E-state index contributed by atoms with van der Waals surface area (Å²) in [5.41, 5.74) is 1.49. The number of thiophene rings is 1. The Morgan fingerprint density at radius 2 is 2.43 bits per heavy atom. The molecule has 0 atom stereocenters. The number of aryl methyl sites for hydroxylation is 1. The maximum absolute atomic E-state index is 3.71. The largest absolute Gasteiger partial charge is 0.312 e. The predicted molar refractivity (Wildman–Crippen MR) is 64.8 cm³/mol. The molecule has 0 fully saturated rings. The van der Waals surface area contributed by atoms with Crippen molar-refractivity contribution >= 4 is 11.3 Å². The first kappa shape index (κ1) is 11.5. The Balaban J connectivity index is 2.20. The lowest BCUT2D eigenvalue weighted by molar-refractivity contribution is 0.658. The molecule has 0 aliphatic rings. The van der Waals surface area contributed by atoms with Crippen LogP contribution >= 0.6 is 11.3 Å². The Labute approximate surface area is 90.9 Å². The molecule has 0 unspecified atom stereocenters. The van der Waals surface area contributed by atoms with Crippen molar-refractivity contribution in [3.63, 3.8) is 0 Å². The van der Waals surface area contributed by atoms with Crippen molar-refractivity contribution in [3.8, 4) is 0 Å². The van der Waals surface area contributed by atoms with Crippen LogP contribution in [0, 0.1) is 0 Å². The van der Waals surface area contributed by atoms with Crippen LogP contribution in [0.15, 0.2) is 24.1 Å². The lowest BCUT2D eigenvalue weighted by Gasteiger charge is -2.03. The standard InChI is InChI=1S/C12H19NS/c1-3-5-6-8-13-10-12-11(4-2)7-9-14-12/h3,7,9,13H,1,4-6,8,10H2,2H3. The number of unbranched alkanes of at least 4 members (excludes halogenated alkanes) is 1. The predicted octanol–water partition coefficient (Wildman–Crippen LogP) is 3.37. The first-order valence-electron chi connectivity index (χ1n) is 5.25. The average Bonchev–Trinajstić information content (AvgIpc) is 2.65. The molecule has 0 aliphatic carbocycles. The third-order valence-corrected chi connectivity index (χ3v) is 3.23. The summed E-state index contributed by atoms with van der Waals surface area (Å²) in [6.07, 6.45) is 5.42. The van der Waals surface area contributed by atoms with E-state index < -0.39 is 0 Å². The van der Waals surface area contributed by atoms with Crippen LogP contribution in [0.4, 0.5) is 0 Å². The molecule has 0 aromatic carbocycles. The van der Waals surface area contributed by atoms with Crippen molar-refractivity contribution < 1.29 is 0 Å². The van der Waals surface area contributed by atoms with Crippen LogP contribution < -0.4 is 5.32 Å². The van der Waals surface area contributed by atoms with Crippen LogP contribution in [-0.2, 0) is 13.0 Å². The van der Waals surface area contributed by atoms with Gasteiger partial charge in [-0.15, -0.1) is 17.9 Å². The first-order valence-corrected chi connectivity index (χ1v) is 6.13. The summed E-state index contributed by atoms with van der Waals surface area (Å²) >= 11 is 1.86. The minimum absolute atomic E-state index is 1.03. The molecule has 1 aromatic rings. The quantitative estimate of drug-likeness (QED) is 0.536. The third kappa shape index (κ3) is 3.64. The van der Waals surface area contributed by atoms with Crippen molar-refractivity contribution in [1.29, 1.82) is 0 Å². The lowest BCUT2D eigenvalue weighted by atomic mass is 10.2. The monoisotopic (exact) mass is 209 g/mol. The van der Waals surface area contributed by atoms with Crippen LogP contribution in [0.25, 0.3) is 0 Å². The summed E-state index contributed by atoms with van der Waals surface area (Å²) in [7, 11) is 0. The second-order valence-electron chi connectivity index (χ2n) is 3.33. The molecular weight excluding hydrogens is 190 g/mol. The van der Waals surface area contributed by atoms with Gasteiger partial charge in [-0.25, -0.2) is 0 Å². The molecule has 0 radical (unpaired) electrons. The van der Waals surface area contributed by atoms with E-state index in [4.69, 9.17) is 0 Å². The van der Waals surface area contributed by atoms with E-state index in [-0.39, 0.29) is 0 Å². The molecule has 0 saturated heterocycles. The molecule has 1 rings (SSSR count). The molecule has 1 aromatic heterocycles. The second-order valence-corrected chi connectivity index (χ2v) is 4.33. The normalized spacial score (nSPS) is 10.4. The van der Waals surface area contributed by atoms with Crippen molar-refractivity contribution in [2.75, 3.05) is 6.54 Å². The Morgan fingerprint density at radius 3 is 3.14 bits per heavy atom. The van der Waals surface area contributed by atoms with E-state index in [0.29, 0.717) is 0 Å². The molecule has 0 amide bonds. The van der Waals surface area contributed by atoms with Gasteiger partial charge in [0.1, 0.15) is 0 Å². The molecule has 0 aliphatic heterocycles. The smallest absolute Gasteiger partial charge is 0.0302 e. The van der Waals surface area contributed by atoms with Gasteiger partial charge in [0.15, 0.2) is 0 Å². The summed E-state index contributed by atoms with van der Waals surface area (Å²) in [5, 5.41) is 5.64. The van der Waals surface area contributed by atoms with E-state index in [9.17, 15) is 0 Å². The Kier molecular flexibility index (Phi) is 5.57. The topological polar surface area (TPSA) is 12.0 Å². The molecule has 0 bridgehead atoms. The maximum atomic E-state index is 3.71. The van der Waals surface area contributed by atoms with Gasteiger partial charge < -0.3 is 5.32 Å². The van der Waals surface area contributed by atoms with Crippen LogP contribution in [0.3, 0.4) is 0 Å². The Bertz CT molecular complexity index is 265. The van der Waals surface area contributed by atoms with Crippen molar-refractivity contribution in [3.05, 3.63) is 34.5 Å². The number of rotatable bonds is 7. The number of allylic oxidation sites excluding steroid dienone is 1. The highest BCUT2D eigenvalue weighted by molar-refractivity contribution is 7.10. The molecule has 0 spiro atoms. The van der Waals surface area contributed by atoms with Crippen molar-refractivity contribution in [2.24, 2.45) is 0 Å².